The first-order valence-corrected chi connectivity index (χ1v) is 8.90. The molecule has 4 aromatic rings. The summed E-state index contributed by atoms with van der Waals surface area (Å²) in [7, 11) is 0. The van der Waals surface area contributed by atoms with Crippen molar-refractivity contribution in [2.75, 3.05) is 0 Å². The number of hydrogen-bond acceptors (Lipinski definition) is 5. The van der Waals surface area contributed by atoms with E-state index in [0.717, 1.165) is 20.2 Å². The standard InChI is InChI=1S/C13H8ClN3S3/c14-11-6-5-8(19-11)7-18-12-15-16-13-17(12)9-3-1-2-4-10(9)20-13/h1-6H,7H2. The second-order valence-corrected chi connectivity index (χ2v) is 7.92. The first-order valence-electron chi connectivity index (χ1n) is 5.91. The predicted molar refractivity (Wildman–Crippen MR) is 87.3 cm³/mol. The normalized spacial score (nSPS) is 11.7. The minimum absolute atomic E-state index is 0.827. The summed E-state index contributed by atoms with van der Waals surface area (Å²) in [6, 6.07) is 12.3. The van der Waals surface area contributed by atoms with Crippen LogP contribution in [0.15, 0.2) is 41.6 Å². The van der Waals surface area contributed by atoms with E-state index >= 15 is 0 Å². The van der Waals surface area contributed by atoms with Gasteiger partial charge in [-0.25, -0.2) is 0 Å². The molecule has 0 radical (unpaired) electrons. The van der Waals surface area contributed by atoms with Crippen molar-refractivity contribution >= 4 is 61.2 Å². The molecule has 0 spiro atoms. The van der Waals surface area contributed by atoms with E-state index in [1.165, 1.54) is 15.1 Å². The van der Waals surface area contributed by atoms with Gasteiger partial charge in [-0.1, -0.05) is 46.8 Å². The maximum atomic E-state index is 5.95. The third-order valence-electron chi connectivity index (χ3n) is 2.88. The molecular formula is C13H8ClN3S3. The topological polar surface area (TPSA) is 30.2 Å². The van der Waals surface area contributed by atoms with Crippen LogP contribution in [0.4, 0.5) is 0 Å². The zero-order chi connectivity index (χ0) is 13.5. The summed E-state index contributed by atoms with van der Waals surface area (Å²) < 4.78 is 4.19. The summed E-state index contributed by atoms with van der Waals surface area (Å²) in [4.78, 5) is 2.19. The molecule has 3 aromatic heterocycles. The van der Waals surface area contributed by atoms with Gasteiger partial charge < -0.3 is 0 Å². The average Bonchev–Trinajstić information content (AvgIpc) is 3.11. The number of thiazole rings is 1. The van der Waals surface area contributed by atoms with Crippen LogP contribution in [0.3, 0.4) is 0 Å². The van der Waals surface area contributed by atoms with Crippen LogP contribution in [0.25, 0.3) is 15.2 Å². The Bertz CT molecular complexity index is 893. The average molecular weight is 338 g/mol. The van der Waals surface area contributed by atoms with E-state index in [9.17, 15) is 0 Å². The molecule has 0 unspecified atom stereocenters. The van der Waals surface area contributed by atoms with Gasteiger partial charge in [-0.15, -0.1) is 21.5 Å². The van der Waals surface area contributed by atoms with Crippen molar-refractivity contribution in [1.29, 1.82) is 0 Å². The highest BCUT2D eigenvalue weighted by Crippen LogP contribution is 2.32. The smallest absolute Gasteiger partial charge is 0.217 e. The monoisotopic (exact) mass is 337 g/mol. The van der Waals surface area contributed by atoms with Crippen LogP contribution >= 0.6 is 46.0 Å². The Kier molecular flexibility index (Phi) is 3.18. The molecular weight excluding hydrogens is 330 g/mol. The third-order valence-corrected chi connectivity index (χ3v) is 6.29. The van der Waals surface area contributed by atoms with Gasteiger partial charge in [0.15, 0.2) is 5.16 Å². The van der Waals surface area contributed by atoms with Crippen LogP contribution in [0, 0.1) is 0 Å². The van der Waals surface area contributed by atoms with E-state index < -0.39 is 0 Å². The Morgan fingerprint density at radius 1 is 1.10 bits per heavy atom. The molecule has 4 rings (SSSR count). The quantitative estimate of drug-likeness (QED) is 0.495. The molecule has 0 aliphatic carbocycles. The molecule has 0 atom stereocenters. The van der Waals surface area contributed by atoms with Gasteiger partial charge in [-0.2, -0.15) is 0 Å². The molecule has 20 heavy (non-hydrogen) atoms. The number of rotatable bonds is 3. The number of benzene rings is 1. The van der Waals surface area contributed by atoms with Crippen molar-refractivity contribution in [3.8, 4) is 0 Å². The highest BCUT2D eigenvalue weighted by atomic mass is 35.5. The maximum Gasteiger partial charge on any atom is 0.217 e. The van der Waals surface area contributed by atoms with E-state index in [0.29, 0.717) is 0 Å². The lowest BCUT2D eigenvalue weighted by Crippen LogP contribution is -1.85. The van der Waals surface area contributed by atoms with Gasteiger partial charge in [-0.3, -0.25) is 4.40 Å². The number of thioether (sulfide) groups is 1. The molecule has 0 saturated heterocycles. The maximum absolute atomic E-state index is 5.95. The first-order chi connectivity index (χ1) is 9.81. The lowest BCUT2D eigenvalue weighted by Gasteiger charge is -1.97. The molecule has 3 heterocycles. The van der Waals surface area contributed by atoms with Crippen LogP contribution in [0.5, 0.6) is 0 Å². The van der Waals surface area contributed by atoms with Gasteiger partial charge >= 0.3 is 0 Å². The van der Waals surface area contributed by atoms with Gasteiger partial charge in [0.05, 0.1) is 14.6 Å². The van der Waals surface area contributed by atoms with Crippen LogP contribution in [0.2, 0.25) is 4.34 Å². The lowest BCUT2D eigenvalue weighted by molar-refractivity contribution is 0.941. The molecule has 0 fully saturated rings. The fraction of sp³-hybridized carbons (Fsp3) is 0.0769. The van der Waals surface area contributed by atoms with E-state index in [1.54, 1.807) is 34.4 Å². The van der Waals surface area contributed by atoms with Gasteiger partial charge in [0, 0.05) is 10.6 Å². The molecule has 0 aliphatic heterocycles. The lowest BCUT2D eigenvalue weighted by atomic mass is 10.3. The summed E-state index contributed by atoms with van der Waals surface area (Å²) >= 11 is 10.9. The van der Waals surface area contributed by atoms with Crippen LogP contribution in [-0.2, 0) is 5.75 Å². The summed E-state index contributed by atoms with van der Waals surface area (Å²) in [5.41, 5.74) is 1.17. The van der Waals surface area contributed by atoms with Crippen LogP contribution in [0.1, 0.15) is 4.88 Å². The molecule has 0 bridgehead atoms. The number of aromatic nitrogens is 3. The predicted octanol–water partition coefficient (Wildman–Crippen LogP) is 4.95. The summed E-state index contributed by atoms with van der Waals surface area (Å²) in [5, 5.41) is 9.48. The number of thiophene rings is 1. The van der Waals surface area contributed by atoms with Crippen molar-refractivity contribution in [2.24, 2.45) is 0 Å². The Balaban J connectivity index is 1.72. The number of para-hydroxylation sites is 1. The van der Waals surface area contributed by atoms with E-state index in [-0.39, 0.29) is 0 Å². The fourth-order valence-corrected chi connectivity index (χ4v) is 5.11. The highest BCUT2D eigenvalue weighted by Gasteiger charge is 2.12. The molecule has 0 amide bonds. The van der Waals surface area contributed by atoms with E-state index in [2.05, 4.69) is 32.8 Å². The minimum atomic E-state index is 0.827. The molecule has 0 aliphatic rings. The zero-order valence-corrected chi connectivity index (χ0v) is 13.3. The van der Waals surface area contributed by atoms with Gasteiger partial charge in [0.25, 0.3) is 0 Å². The van der Waals surface area contributed by atoms with Crippen molar-refractivity contribution < 1.29 is 0 Å². The Morgan fingerprint density at radius 2 is 2.00 bits per heavy atom. The number of hydrogen-bond donors (Lipinski definition) is 0. The second-order valence-electron chi connectivity index (χ2n) is 4.16. The Labute approximate surface area is 132 Å². The number of fused-ring (bicyclic) bond motifs is 3. The van der Waals surface area contributed by atoms with E-state index in [1.807, 2.05) is 18.2 Å². The van der Waals surface area contributed by atoms with Crippen molar-refractivity contribution in [2.45, 2.75) is 10.9 Å². The van der Waals surface area contributed by atoms with Crippen molar-refractivity contribution in [3.63, 3.8) is 0 Å². The van der Waals surface area contributed by atoms with Gasteiger partial charge in [0.1, 0.15) is 0 Å². The minimum Gasteiger partial charge on any atom is -0.260 e. The van der Waals surface area contributed by atoms with Gasteiger partial charge in [0.2, 0.25) is 4.96 Å². The second kappa shape index (κ2) is 5.04. The zero-order valence-electron chi connectivity index (χ0n) is 10.1. The summed E-state index contributed by atoms with van der Waals surface area (Å²) in [6.07, 6.45) is 0. The fourth-order valence-electron chi connectivity index (χ4n) is 2.01. The summed E-state index contributed by atoms with van der Waals surface area (Å²) in [6.45, 7) is 0. The van der Waals surface area contributed by atoms with Crippen LogP contribution in [-0.4, -0.2) is 14.6 Å². The molecule has 3 nitrogen and oxygen atoms in total. The molecule has 0 N–H and O–H groups in total. The number of halogens is 1. The SMILES string of the molecule is Clc1ccc(CSc2nnc3sc4ccccc4n23)s1. The summed E-state index contributed by atoms with van der Waals surface area (Å²) in [5.74, 6) is 0.863. The van der Waals surface area contributed by atoms with Gasteiger partial charge in [-0.05, 0) is 24.3 Å². The van der Waals surface area contributed by atoms with Crippen molar-refractivity contribution in [1.82, 2.24) is 14.6 Å². The largest absolute Gasteiger partial charge is 0.260 e. The Hall–Kier alpha value is -1.08. The Morgan fingerprint density at radius 3 is 2.85 bits per heavy atom. The molecule has 100 valence electrons. The molecule has 0 saturated carbocycles. The first kappa shape index (κ1) is 12.6. The van der Waals surface area contributed by atoms with Crippen LogP contribution < -0.4 is 0 Å². The molecule has 7 heteroatoms. The highest BCUT2D eigenvalue weighted by molar-refractivity contribution is 7.98. The third kappa shape index (κ3) is 2.13. The molecule has 1 aromatic carbocycles. The number of nitrogens with zero attached hydrogens (tertiary/aromatic N) is 3. The van der Waals surface area contributed by atoms with Crippen molar-refractivity contribution in [3.05, 3.63) is 45.6 Å². The van der Waals surface area contributed by atoms with E-state index in [4.69, 9.17) is 11.6 Å².